The molecule has 1 N–H and O–H groups in total. The van der Waals surface area contributed by atoms with Crippen molar-refractivity contribution in [3.05, 3.63) is 36.4 Å². The number of carbonyl (C=O) groups excluding carboxylic acids is 1. The van der Waals surface area contributed by atoms with Crippen LogP contribution in [0.3, 0.4) is 0 Å². The zero-order chi connectivity index (χ0) is 17.2. The number of carbonyl (C=O) groups is 1. The van der Waals surface area contributed by atoms with Crippen molar-refractivity contribution < 1.29 is 23.7 Å². The molecule has 1 aromatic heterocycles. The minimum absolute atomic E-state index is 0.119. The van der Waals surface area contributed by atoms with Gasteiger partial charge in [-0.05, 0) is 12.1 Å². The molecule has 3 aromatic rings. The highest BCUT2D eigenvalue weighted by Gasteiger charge is 2.17. The summed E-state index contributed by atoms with van der Waals surface area (Å²) in [6.07, 6.45) is 0. The number of fused-ring (bicyclic) bond motifs is 2. The summed E-state index contributed by atoms with van der Waals surface area (Å²) >= 11 is 1.37. The second-order valence-electron chi connectivity index (χ2n) is 5.21. The summed E-state index contributed by atoms with van der Waals surface area (Å²) in [5.41, 5.74) is 0.748. The second kappa shape index (κ2) is 6.48. The van der Waals surface area contributed by atoms with Crippen LogP contribution in [0.15, 0.2) is 36.4 Å². The molecular formula is C17H14N2O5S. The monoisotopic (exact) mass is 358 g/mol. The number of hydrogen-bond acceptors (Lipinski definition) is 7. The average molecular weight is 358 g/mol. The van der Waals surface area contributed by atoms with E-state index in [9.17, 15) is 4.79 Å². The molecule has 1 aliphatic heterocycles. The number of aromatic nitrogens is 1. The van der Waals surface area contributed by atoms with Crippen molar-refractivity contribution in [3.63, 3.8) is 0 Å². The molecule has 2 aromatic carbocycles. The van der Waals surface area contributed by atoms with E-state index in [4.69, 9.17) is 18.9 Å². The van der Waals surface area contributed by atoms with Crippen molar-refractivity contribution in [1.82, 2.24) is 4.98 Å². The lowest BCUT2D eigenvalue weighted by atomic mass is 10.3. The van der Waals surface area contributed by atoms with Crippen LogP contribution in [0.2, 0.25) is 0 Å². The van der Waals surface area contributed by atoms with Crippen molar-refractivity contribution in [2.45, 2.75) is 0 Å². The van der Waals surface area contributed by atoms with Crippen LogP contribution in [0.1, 0.15) is 0 Å². The van der Waals surface area contributed by atoms with Gasteiger partial charge in [0.05, 0.1) is 17.3 Å². The standard InChI is InChI=1S/C17H14N2O5S/c1-21-10-3-2-4-11(5-10)22-8-16(20)19-17-18-12-6-13-14(24-9-23-13)7-15(12)25-17/h2-7H,8-9H2,1H3,(H,18,19,20). The number of rotatable bonds is 5. The van der Waals surface area contributed by atoms with Crippen LogP contribution in [0.4, 0.5) is 5.13 Å². The Labute approximate surface area is 147 Å². The minimum Gasteiger partial charge on any atom is -0.497 e. The third-order valence-corrected chi connectivity index (χ3v) is 4.47. The molecule has 25 heavy (non-hydrogen) atoms. The summed E-state index contributed by atoms with van der Waals surface area (Å²) in [6, 6.07) is 10.7. The number of hydrogen-bond donors (Lipinski definition) is 1. The fourth-order valence-electron chi connectivity index (χ4n) is 2.37. The van der Waals surface area contributed by atoms with Crippen LogP contribution < -0.4 is 24.3 Å². The molecule has 7 nitrogen and oxygen atoms in total. The molecule has 0 atom stereocenters. The van der Waals surface area contributed by atoms with E-state index in [2.05, 4.69) is 10.3 Å². The maximum absolute atomic E-state index is 12.1. The third-order valence-electron chi connectivity index (χ3n) is 3.54. The Kier molecular flexibility index (Phi) is 4.02. The molecule has 1 amide bonds. The van der Waals surface area contributed by atoms with Gasteiger partial charge in [-0.25, -0.2) is 4.98 Å². The molecule has 128 valence electrons. The quantitative estimate of drug-likeness (QED) is 0.755. The Morgan fingerprint density at radius 2 is 2.04 bits per heavy atom. The van der Waals surface area contributed by atoms with E-state index in [1.807, 2.05) is 6.07 Å². The number of thiazole rings is 1. The topological polar surface area (TPSA) is 78.9 Å². The summed E-state index contributed by atoms with van der Waals surface area (Å²) < 4.78 is 22.2. The largest absolute Gasteiger partial charge is 0.497 e. The molecule has 0 bridgehead atoms. The van der Waals surface area contributed by atoms with Crippen LogP contribution in [-0.2, 0) is 4.79 Å². The lowest BCUT2D eigenvalue weighted by molar-refractivity contribution is -0.118. The zero-order valence-corrected chi connectivity index (χ0v) is 14.1. The van der Waals surface area contributed by atoms with Crippen LogP contribution in [0.5, 0.6) is 23.0 Å². The molecule has 8 heteroatoms. The Morgan fingerprint density at radius 1 is 1.24 bits per heavy atom. The summed E-state index contributed by atoms with van der Waals surface area (Å²) in [4.78, 5) is 16.5. The molecule has 0 radical (unpaired) electrons. The highest BCUT2D eigenvalue weighted by molar-refractivity contribution is 7.22. The molecule has 0 unspecified atom stereocenters. The molecule has 0 fully saturated rings. The number of nitrogens with zero attached hydrogens (tertiary/aromatic N) is 1. The Bertz CT molecular complexity index is 899. The van der Waals surface area contributed by atoms with Gasteiger partial charge in [0.1, 0.15) is 11.5 Å². The van der Waals surface area contributed by atoms with Gasteiger partial charge >= 0.3 is 0 Å². The molecule has 1 aliphatic rings. The first-order valence-electron chi connectivity index (χ1n) is 7.48. The van der Waals surface area contributed by atoms with Gasteiger partial charge in [0.2, 0.25) is 6.79 Å². The van der Waals surface area contributed by atoms with Crippen molar-refractivity contribution in [1.29, 1.82) is 0 Å². The van der Waals surface area contributed by atoms with Gasteiger partial charge in [-0.3, -0.25) is 10.1 Å². The summed E-state index contributed by atoms with van der Waals surface area (Å²) in [5.74, 6) is 2.29. The molecule has 0 aliphatic carbocycles. The second-order valence-corrected chi connectivity index (χ2v) is 6.24. The van der Waals surface area contributed by atoms with Crippen LogP contribution >= 0.6 is 11.3 Å². The Morgan fingerprint density at radius 3 is 2.88 bits per heavy atom. The van der Waals surface area contributed by atoms with E-state index in [0.717, 1.165) is 10.2 Å². The van der Waals surface area contributed by atoms with E-state index in [-0.39, 0.29) is 19.3 Å². The van der Waals surface area contributed by atoms with Gasteiger partial charge in [-0.2, -0.15) is 0 Å². The third kappa shape index (κ3) is 3.29. The maximum Gasteiger partial charge on any atom is 0.264 e. The molecule has 0 spiro atoms. The van der Waals surface area contributed by atoms with Gasteiger partial charge in [0, 0.05) is 18.2 Å². The summed E-state index contributed by atoms with van der Waals surface area (Å²) in [5, 5.41) is 3.23. The SMILES string of the molecule is COc1cccc(OCC(=O)Nc2nc3cc4c(cc3s2)OCO4)c1. The van der Waals surface area contributed by atoms with Gasteiger partial charge in [-0.15, -0.1) is 0 Å². The van der Waals surface area contributed by atoms with Crippen molar-refractivity contribution >= 4 is 32.6 Å². The predicted octanol–water partition coefficient (Wildman–Crippen LogP) is 3.05. The van der Waals surface area contributed by atoms with E-state index in [1.54, 1.807) is 37.4 Å². The Balaban J connectivity index is 1.41. The highest BCUT2D eigenvalue weighted by atomic mass is 32.1. The minimum atomic E-state index is -0.290. The first-order valence-corrected chi connectivity index (χ1v) is 8.30. The molecule has 4 rings (SSSR count). The number of ether oxygens (including phenoxy) is 4. The van der Waals surface area contributed by atoms with Crippen molar-refractivity contribution in [2.24, 2.45) is 0 Å². The number of anilines is 1. The normalized spacial score (nSPS) is 12.2. The lowest BCUT2D eigenvalue weighted by Gasteiger charge is -2.07. The van der Waals surface area contributed by atoms with E-state index < -0.39 is 0 Å². The van der Waals surface area contributed by atoms with Crippen molar-refractivity contribution in [2.75, 3.05) is 25.8 Å². The number of nitrogens with one attached hydrogen (secondary N) is 1. The summed E-state index contributed by atoms with van der Waals surface area (Å²) in [7, 11) is 1.57. The first-order chi connectivity index (χ1) is 12.2. The fourth-order valence-corrected chi connectivity index (χ4v) is 3.26. The van der Waals surface area contributed by atoms with Crippen LogP contribution in [0, 0.1) is 0 Å². The van der Waals surface area contributed by atoms with E-state index in [0.29, 0.717) is 28.1 Å². The van der Waals surface area contributed by atoms with Gasteiger partial charge in [0.25, 0.3) is 5.91 Å². The molecule has 2 heterocycles. The average Bonchev–Trinajstić information content (AvgIpc) is 3.23. The molecule has 0 saturated heterocycles. The summed E-state index contributed by atoms with van der Waals surface area (Å²) in [6.45, 7) is 0.101. The van der Waals surface area contributed by atoms with Crippen LogP contribution in [0.25, 0.3) is 10.2 Å². The fraction of sp³-hybridized carbons (Fsp3) is 0.176. The maximum atomic E-state index is 12.1. The predicted molar refractivity (Wildman–Crippen MR) is 92.9 cm³/mol. The molecule has 0 saturated carbocycles. The van der Waals surface area contributed by atoms with E-state index in [1.165, 1.54) is 11.3 Å². The van der Waals surface area contributed by atoms with Crippen LogP contribution in [-0.4, -0.2) is 31.4 Å². The number of methoxy groups -OCH3 is 1. The van der Waals surface area contributed by atoms with Gasteiger partial charge < -0.3 is 18.9 Å². The van der Waals surface area contributed by atoms with Gasteiger partial charge in [-0.1, -0.05) is 17.4 Å². The smallest absolute Gasteiger partial charge is 0.264 e. The van der Waals surface area contributed by atoms with Gasteiger partial charge in [0.15, 0.2) is 23.2 Å². The first kappa shape index (κ1) is 15.5. The highest BCUT2D eigenvalue weighted by Crippen LogP contribution is 2.38. The Hall–Kier alpha value is -3.00. The lowest BCUT2D eigenvalue weighted by Crippen LogP contribution is -2.19. The van der Waals surface area contributed by atoms with E-state index >= 15 is 0 Å². The van der Waals surface area contributed by atoms with Crippen molar-refractivity contribution in [3.8, 4) is 23.0 Å². The number of amides is 1. The zero-order valence-electron chi connectivity index (χ0n) is 13.3. The molecular weight excluding hydrogens is 344 g/mol. The number of benzene rings is 2.